The van der Waals surface area contributed by atoms with Gasteiger partial charge in [-0.3, -0.25) is 0 Å². The van der Waals surface area contributed by atoms with Crippen molar-refractivity contribution in [2.75, 3.05) is 23.7 Å². The molecule has 1 unspecified atom stereocenters. The van der Waals surface area contributed by atoms with Gasteiger partial charge in [-0.25, -0.2) is 9.97 Å². The van der Waals surface area contributed by atoms with Gasteiger partial charge in [0.25, 0.3) is 0 Å². The van der Waals surface area contributed by atoms with Crippen LogP contribution in [-0.4, -0.2) is 28.0 Å². The van der Waals surface area contributed by atoms with Crippen molar-refractivity contribution in [1.82, 2.24) is 15.0 Å². The largest absolute Gasteiger partial charge is 0.369 e. The molecule has 2 rings (SSSR count). The quantitative estimate of drug-likeness (QED) is 0.814. The Kier molecular flexibility index (Phi) is 5.09. The maximum absolute atomic E-state index is 4.41. The molecule has 2 aromatic rings. The first-order chi connectivity index (χ1) is 9.29. The summed E-state index contributed by atoms with van der Waals surface area (Å²) < 4.78 is 0. The molecule has 0 bridgehead atoms. The molecule has 0 aromatic carbocycles. The van der Waals surface area contributed by atoms with Gasteiger partial charge in [-0.1, -0.05) is 13.8 Å². The number of anilines is 2. The molecule has 19 heavy (non-hydrogen) atoms. The third-order valence-corrected chi connectivity index (χ3v) is 3.66. The molecule has 0 aliphatic rings. The van der Waals surface area contributed by atoms with Crippen molar-refractivity contribution in [2.45, 2.75) is 26.2 Å². The fourth-order valence-corrected chi connectivity index (χ4v) is 2.30. The molecule has 5 nitrogen and oxygen atoms in total. The van der Waals surface area contributed by atoms with Crippen molar-refractivity contribution in [3.05, 3.63) is 28.8 Å². The molecule has 0 saturated heterocycles. The minimum absolute atomic E-state index is 0.377. The summed E-state index contributed by atoms with van der Waals surface area (Å²) >= 11 is 1.68. The Morgan fingerprint density at radius 2 is 2.16 bits per heavy atom. The third kappa shape index (κ3) is 4.17. The maximum atomic E-state index is 4.41. The van der Waals surface area contributed by atoms with Crippen LogP contribution in [0.4, 0.5) is 11.8 Å². The smallest absolute Gasteiger partial charge is 0.224 e. The van der Waals surface area contributed by atoms with Crippen molar-refractivity contribution >= 4 is 23.1 Å². The molecular weight excluding hydrogens is 258 g/mol. The van der Waals surface area contributed by atoms with Crippen LogP contribution in [-0.2, 0) is 0 Å². The van der Waals surface area contributed by atoms with Gasteiger partial charge in [-0.15, -0.1) is 11.3 Å². The molecule has 0 saturated carbocycles. The highest BCUT2D eigenvalue weighted by atomic mass is 32.1. The summed E-state index contributed by atoms with van der Waals surface area (Å²) in [7, 11) is 0. The molecule has 6 heteroatoms. The lowest BCUT2D eigenvalue weighted by molar-refractivity contribution is 0.791. The molecule has 0 spiro atoms. The lowest BCUT2D eigenvalue weighted by Crippen LogP contribution is -2.12. The number of hydrogen-bond donors (Lipinski definition) is 2. The van der Waals surface area contributed by atoms with Gasteiger partial charge in [0.15, 0.2) is 0 Å². The Balaban J connectivity index is 1.88. The lowest BCUT2D eigenvalue weighted by Gasteiger charge is -2.11. The van der Waals surface area contributed by atoms with Crippen molar-refractivity contribution in [3.63, 3.8) is 0 Å². The highest BCUT2D eigenvalue weighted by molar-refractivity contribution is 7.09. The second kappa shape index (κ2) is 7.04. The van der Waals surface area contributed by atoms with Crippen molar-refractivity contribution in [1.29, 1.82) is 0 Å². The van der Waals surface area contributed by atoms with E-state index in [0.29, 0.717) is 11.9 Å². The van der Waals surface area contributed by atoms with Gasteiger partial charge in [0.05, 0.1) is 5.01 Å². The summed E-state index contributed by atoms with van der Waals surface area (Å²) in [6.45, 7) is 5.98. The molecule has 2 heterocycles. The second-order valence-corrected chi connectivity index (χ2v) is 5.27. The second-order valence-electron chi connectivity index (χ2n) is 4.34. The van der Waals surface area contributed by atoms with Gasteiger partial charge < -0.3 is 10.6 Å². The van der Waals surface area contributed by atoms with Crippen LogP contribution in [0.25, 0.3) is 0 Å². The first kappa shape index (κ1) is 13.7. The SMILES string of the molecule is CCCNc1nccc(NCC(C)c2nccs2)n1. The van der Waals surface area contributed by atoms with Crippen LogP contribution in [0.1, 0.15) is 31.2 Å². The monoisotopic (exact) mass is 277 g/mol. The van der Waals surface area contributed by atoms with Gasteiger partial charge in [-0.2, -0.15) is 4.98 Å². The molecule has 0 fully saturated rings. The van der Waals surface area contributed by atoms with E-state index >= 15 is 0 Å². The first-order valence-corrected chi connectivity index (χ1v) is 7.37. The van der Waals surface area contributed by atoms with E-state index < -0.39 is 0 Å². The van der Waals surface area contributed by atoms with Crippen LogP contribution in [0, 0.1) is 0 Å². The van der Waals surface area contributed by atoms with E-state index in [-0.39, 0.29) is 0 Å². The molecular formula is C13H19N5S. The normalized spacial score (nSPS) is 12.1. The molecule has 0 radical (unpaired) electrons. The number of rotatable bonds is 7. The number of thiazole rings is 1. The van der Waals surface area contributed by atoms with E-state index in [1.54, 1.807) is 17.5 Å². The van der Waals surface area contributed by atoms with Crippen LogP contribution >= 0.6 is 11.3 Å². The zero-order valence-corrected chi connectivity index (χ0v) is 12.1. The molecule has 0 amide bonds. The highest BCUT2D eigenvalue weighted by Crippen LogP contribution is 2.18. The first-order valence-electron chi connectivity index (χ1n) is 6.49. The van der Waals surface area contributed by atoms with Crippen LogP contribution in [0.3, 0.4) is 0 Å². The van der Waals surface area contributed by atoms with E-state index in [0.717, 1.165) is 30.3 Å². The number of nitrogens with one attached hydrogen (secondary N) is 2. The van der Waals surface area contributed by atoms with Crippen LogP contribution < -0.4 is 10.6 Å². The average molecular weight is 277 g/mol. The summed E-state index contributed by atoms with van der Waals surface area (Å²) in [5.74, 6) is 1.90. The van der Waals surface area contributed by atoms with E-state index in [2.05, 4.69) is 39.4 Å². The van der Waals surface area contributed by atoms with E-state index in [9.17, 15) is 0 Å². The fourth-order valence-electron chi connectivity index (χ4n) is 1.60. The fraction of sp³-hybridized carbons (Fsp3) is 0.462. The molecule has 0 aliphatic heterocycles. The minimum Gasteiger partial charge on any atom is -0.369 e. The van der Waals surface area contributed by atoms with Crippen LogP contribution in [0.15, 0.2) is 23.8 Å². The Morgan fingerprint density at radius 3 is 2.89 bits per heavy atom. The maximum Gasteiger partial charge on any atom is 0.224 e. The van der Waals surface area contributed by atoms with Gasteiger partial charge in [0.2, 0.25) is 5.95 Å². The number of aromatic nitrogens is 3. The van der Waals surface area contributed by atoms with Crippen LogP contribution in [0.2, 0.25) is 0 Å². The van der Waals surface area contributed by atoms with Crippen molar-refractivity contribution in [2.24, 2.45) is 0 Å². The predicted molar refractivity (Wildman–Crippen MR) is 79.8 cm³/mol. The zero-order valence-electron chi connectivity index (χ0n) is 11.3. The van der Waals surface area contributed by atoms with Crippen molar-refractivity contribution in [3.8, 4) is 0 Å². The Morgan fingerprint density at radius 1 is 1.26 bits per heavy atom. The van der Waals surface area contributed by atoms with Gasteiger partial charge in [0, 0.05) is 36.8 Å². The summed E-state index contributed by atoms with van der Waals surface area (Å²) in [5, 5.41) is 9.65. The van der Waals surface area contributed by atoms with Gasteiger partial charge >= 0.3 is 0 Å². The predicted octanol–water partition coefficient (Wildman–Crippen LogP) is 2.97. The molecule has 1 atom stereocenters. The standard InChI is InChI=1S/C13H19N5S/c1-3-5-15-13-16-6-4-11(18-13)17-9-10(2)12-14-7-8-19-12/h4,6-8,10H,3,5,9H2,1-2H3,(H2,15,16,17,18). The molecule has 2 aromatic heterocycles. The third-order valence-electron chi connectivity index (χ3n) is 2.65. The van der Waals surface area contributed by atoms with E-state index in [4.69, 9.17) is 0 Å². The molecule has 102 valence electrons. The van der Waals surface area contributed by atoms with E-state index in [1.807, 2.05) is 17.6 Å². The van der Waals surface area contributed by atoms with Crippen LogP contribution in [0.5, 0.6) is 0 Å². The Hall–Kier alpha value is -1.69. The number of hydrogen-bond acceptors (Lipinski definition) is 6. The van der Waals surface area contributed by atoms with E-state index in [1.165, 1.54) is 0 Å². The molecule has 0 aliphatic carbocycles. The number of nitrogens with zero attached hydrogens (tertiary/aromatic N) is 3. The molecule has 2 N–H and O–H groups in total. The average Bonchev–Trinajstić information content (AvgIpc) is 2.97. The summed E-state index contributed by atoms with van der Waals surface area (Å²) in [6.07, 6.45) is 4.66. The van der Waals surface area contributed by atoms with Gasteiger partial charge in [0.1, 0.15) is 5.82 Å². The summed E-state index contributed by atoms with van der Waals surface area (Å²) in [5.41, 5.74) is 0. The Bertz CT molecular complexity index is 486. The van der Waals surface area contributed by atoms with Gasteiger partial charge in [-0.05, 0) is 12.5 Å². The zero-order chi connectivity index (χ0) is 13.5. The summed E-state index contributed by atoms with van der Waals surface area (Å²) in [6, 6.07) is 1.88. The topological polar surface area (TPSA) is 62.7 Å². The lowest BCUT2D eigenvalue weighted by atomic mass is 10.2. The van der Waals surface area contributed by atoms with Crippen molar-refractivity contribution < 1.29 is 0 Å². The Labute approximate surface area is 117 Å². The summed E-state index contributed by atoms with van der Waals surface area (Å²) in [4.78, 5) is 12.9. The minimum atomic E-state index is 0.377. The highest BCUT2D eigenvalue weighted by Gasteiger charge is 2.08.